The maximum Gasteiger partial charge on any atom is 0.253 e. The van der Waals surface area contributed by atoms with Gasteiger partial charge in [0.1, 0.15) is 30.0 Å². The van der Waals surface area contributed by atoms with Crippen LogP contribution in [0.1, 0.15) is 64.9 Å². The maximum atomic E-state index is 13.0. The number of halogens is 1. The molecule has 56 heavy (non-hydrogen) atoms. The Morgan fingerprint density at radius 1 is 0.732 bits per heavy atom. The monoisotopic (exact) mass is 812 g/mol. The molecule has 1 N–H and O–H groups in total. The van der Waals surface area contributed by atoms with Crippen LogP contribution in [0.25, 0.3) is 5.57 Å². The molecule has 1 aliphatic heterocycles. The van der Waals surface area contributed by atoms with Gasteiger partial charge in [0.2, 0.25) is 0 Å². The molecule has 288 valence electrons. The van der Waals surface area contributed by atoms with Crippen LogP contribution in [0.15, 0.2) is 137 Å². The number of carbonyl (C=O) groups is 2. The predicted octanol–water partition coefficient (Wildman–Crippen LogP) is 10.9. The molecular weight excluding hydrogens is 764 g/mol. The Morgan fingerprint density at radius 3 is 2.14 bits per heavy atom. The molecule has 5 aromatic rings. The first-order chi connectivity index (χ1) is 27.1. The van der Waals surface area contributed by atoms with E-state index in [1.807, 2.05) is 122 Å². The second-order valence-corrected chi connectivity index (χ2v) is 15.3. The molecular formula is C48H49BrN2O5. The summed E-state index contributed by atoms with van der Waals surface area (Å²) in [6.07, 6.45) is 6.29. The second kappa shape index (κ2) is 19.3. The summed E-state index contributed by atoms with van der Waals surface area (Å²) in [6, 6.07) is 37.6. The van der Waals surface area contributed by atoms with Crippen LogP contribution >= 0.6 is 15.9 Å². The van der Waals surface area contributed by atoms with Crippen molar-refractivity contribution < 1.29 is 23.8 Å². The first kappa shape index (κ1) is 40.1. The van der Waals surface area contributed by atoms with Crippen LogP contribution in [-0.2, 0) is 17.8 Å². The number of benzene rings is 5. The molecule has 0 unspecified atom stereocenters. The first-order valence-corrected chi connectivity index (χ1v) is 19.9. The van der Waals surface area contributed by atoms with Gasteiger partial charge in [0.05, 0.1) is 6.61 Å². The third-order valence-corrected chi connectivity index (χ3v) is 10.2. The van der Waals surface area contributed by atoms with E-state index in [4.69, 9.17) is 14.2 Å². The van der Waals surface area contributed by atoms with E-state index in [9.17, 15) is 9.59 Å². The Bertz CT molecular complexity index is 2150. The number of nitrogens with zero attached hydrogens (tertiary/aromatic N) is 1. The Labute approximate surface area is 339 Å². The topological polar surface area (TPSA) is 77.1 Å². The van der Waals surface area contributed by atoms with Crippen molar-refractivity contribution in [2.75, 3.05) is 25.0 Å². The van der Waals surface area contributed by atoms with E-state index in [0.717, 1.165) is 68.6 Å². The van der Waals surface area contributed by atoms with Gasteiger partial charge in [-0.1, -0.05) is 82.2 Å². The van der Waals surface area contributed by atoms with E-state index in [1.54, 1.807) is 6.92 Å². The Morgan fingerprint density at radius 2 is 1.43 bits per heavy atom. The quantitative estimate of drug-likeness (QED) is 0.0893. The van der Waals surface area contributed by atoms with Gasteiger partial charge in [-0.25, -0.2) is 0 Å². The van der Waals surface area contributed by atoms with Crippen LogP contribution in [0.2, 0.25) is 0 Å². The molecule has 0 atom stereocenters. The molecule has 0 spiro atoms. The highest BCUT2D eigenvalue weighted by Gasteiger charge is 2.24. The lowest BCUT2D eigenvalue weighted by Crippen LogP contribution is -2.41. The van der Waals surface area contributed by atoms with Crippen LogP contribution < -0.4 is 19.5 Å². The maximum absolute atomic E-state index is 13.0. The third-order valence-electron chi connectivity index (χ3n) is 9.76. The fourth-order valence-corrected chi connectivity index (χ4v) is 7.12. The van der Waals surface area contributed by atoms with Crippen LogP contribution in [0.4, 0.5) is 5.69 Å². The van der Waals surface area contributed by atoms with Gasteiger partial charge in [-0.05, 0) is 116 Å². The highest BCUT2D eigenvalue weighted by molar-refractivity contribution is 9.10. The van der Waals surface area contributed by atoms with Gasteiger partial charge in [0.15, 0.2) is 0 Å². The lowest BCUT2D eigenvalue weighted by atomic mass is 10.1. The molecule has 2 amide bonds. The fourth-order valence-electron chi connectivity index (χ4n) is 6.46. The van der Waals surface area contributed by atoms with Gasteiger partial charge in [0.25, 0.3) is 11.8 Å². The van der Waals surface area contributed by atoms with Gasteiger partial charge in [-0.3, -0.25) is 9.59 Å². The lowest BCUT2D eigenvalue weighted by molar-refractivity contribution is -0.112. The number of carbonyl (C=O) groups excluding carboxylic acids is 2. The first-order valence-electron chi connectivity index (χ1n) is 19.1. The Balaban J connectivity index is 0.908. The van der Waals surface area contributed by atoms with Crippen LogP contribution in [0.5, 0.6) is 17.2 Å². The average Bonchev–Trinajstić information content (AvgIpc) is 3.20. The Hall–Kier alpha value is -5.60. The van der Waals surface area contributed by atoms with E-state index >= 15 is 0 Å². The van der Waals surface area contributed by atoms with E-state index in [-0.39, 0.29) is 17.9 Å². The largest absolute Gasteiger partial charge is 0.493 e. The molecule has 1 saturated heterocycles. The number of aryl methyl sites for hydroxylation is 2. The number of anilines is 1. The summed E-state index contributed by atoms with van der Waals surface area (Å²) in [5, 5.41) is 2.97. The highest BCUT2D eigenvalue weighted by atomic mass is 79.9. The highest BCUT2D eigenvalue weighted by Crippen LogP contribution is 2.24. The summed E-state index contributed by atoms with van der Waals surface area (Å²) < 4.78 is 19.3. The number of rotatable bonds is 14. The molecule has 0 radical (unpaired) electrons. The number of piperidine rings is 1. The SMILES string of the molecule is C/C(=C\C=C(/C)c1ccc(OCCc2ccc(OC3CCN(C(=O)c4ccc(C)cc4)CC3)cc2)cc1)C(=O)Nc1cccc(OCc2cc(C)cc(Br)c2)c1. The smallest absolute Gasteiger partial charge is 0.253 e. The molecule has 1 fully saturated rings. The van der Waals surface area contributed by atoms with E-state index in [0.29, 0.717) is 43.3 Å². The van der Waals surface area contributed by atoms with Crippen molar-refractivity contribution in [3.63, 3.8) is 0 Å². The number of hydrogen-bond acceptors (Lipinski definition) is 5. The number of likely N-dealkylation sites (tertiary alicyclic amines) is 1. The van der Waals surface area contributed by atoms with E-state index in [1.165, 1.54) is 5.56 Å². The zero-order chi connectivity index (χ0) is 39.4. The molecule has 8 heteroatoms. The van der Waals surface area contributed by atoms with Crippen molar-refractivity contribution in [2.45, 2.75) is 59.7 Å². The normalized spacial score (nSPS) is 13.6. The minimum atomic E-state index is -0.177. The zero-order valence-electron chi connectivity index (χ0n) is 32.5. The van der Waals surface area contributed by atoms with Crippen molar-refractivity contribution in [1.29, 1.82) is 0 Å². The minimum Gasteiger partial charge on any atom is -0.493 e. The number of ether oxygens (including phenoxy) is 3. The summed E-state index contributed by atoms with van der Waals surface area (Å²) in [7, 11) is 0. The molecule has 5 aromatic carbocycles. The van der Waals surface area contributed by atoms with Gasteiger partial charge in [-0.2, -0.15) is 0 Å². The molecule has 1 aliphatic rings. The zero-order valence-corrected chi connectivity index (χ0v) is 34.1. The number of allylic oxidation sites excluding steroid dienone is 3. The summed E-state index contributed by atoms with van der Waals surface area (Å²) >= 11 is 3.54. The van der Waals surface area contributed by atoms with Crippen molar-refractivity contribution in [3.05, 3.63) is 171 Å². The Kier molecular flexibility index (Phi) is 13.8. The third kappa shape index (κ3) is 11.7. The van der Waals surface area contributed by atoms with Gasteiger partial charge < -0.3 is 24.4 Å². The van der Waals surface area contributed by atoms with Crippen LogP contribution in [-0.4, -0.2) is 42.5 Å². The van der Waals surface area contributed by atoms with Crippen molar-refractivity contribution >= 4 is 39.0 Å². The minimum absolute atomic E-state index is 0.0910. The molecule has 0 saturated carbocycles. The molecule has 6 rings (SSSR count). The summed E-state index contributed by atoms with van der Waals surface area (Å²) in [4.78, 5) is 27.7. The molecule has 0 aliphatic carbocycles. The fraction of sp³-hybridized carbons (Fsp3) is 0.250. The predicted molar refractivity (Wildman–Crippen MR) is 229 cm³/mol. The molecule has 1 heterocycles. The van der Waals surface area contributed by atoms with Gasteiger partial charge in [0, 0.05) is 59.7 Å². The number of hydrogen-bond donors (Lipinski definition) is 1. The summed E-state index contributed by atoms with van der Waals surface area (Å²) in [5.41, 5.74) is 8.63. The van der Waals surface area contributed by atoms with E-state index < -0.39 is 0 Å². The lowest BCUT2D eigenvalue weighted by Gasteiger charge is -2.32. The molecule has 7 nitrogen and oxygen atoms in total. The van der Waals surface area contributed by atoms with Crippen molar-refractivity contribution in [3.8, 4) is 17.2 Å². The molecule has 0 aromatic heterocycles. The van der Waals surface area contributed by atoms with E-state index in [2.05, 4.69) is 52.4 Å². The standard InChI is InChI=1S/C48H49BrN2O5/c1-33-8-14-40(15-9-33)48(53)51-25-22-45(23-26-51)56-44-18-12-37(13-19-44)24-27-54-43-20-16-39(17-21-43)35(3)10-11-36(4)47(52)50-42-6-5-7-46(31-42)55-32-38-28-34(2)29-41(49)30-38/h5-21,28-31,45H,22-27,32H2,1-4H3,(H,50,52)/b35-10+,36-11+. The number of amides is 2. The van der Waals surface area contributed by atoms with Crippen LogP contribution in [0.3, 0.4) is 0 Å². The number of nitrogens with one attached hydrogen (secondary N) is 1. The van der Waals surface area contributed by atoms with Crippen molar-refractivity contribution in [1.82, 2.24) is 4.90 Å². The molecule has 0 bridgehead atoms. The van der Waals surface area contributed by atoms with Gasteiger partial charge in [-0.15, -0.1) is 0 Å². The van der Waals surface area contributed by atoms with Crippen molar-refractivity contribution in [2.24, 2.45) is 0 Å². The summed E-state index contributed by atoms with van der Waals surface area (Å²) in [6.45, 7) is 10.3. The summed E-state index contributed by atoms with van der Waals surface area (Å²) in [5.74, 6) is 2.25. The van der Waals surface area contributed by atoms with Gasteiger partial charge >= 0.3 is 0 Å². The van der Waals surface area contributed by atoms with Crippen LogP contribution in [0, 0.1) is 13.8 Å². The second-order valence-electron chi connectivity index (χ2n) is 14.3. The average molecular weight is 814 g/mol.